The van der Waals surface area contributed by atoms with Gasteiger partial charge in [0.05, 0.1) is 26.8 Å². The number of ether oxygens (including phenoxy) is 3. The van der Waals surface area contributed by atoms with Crippen LogP contribution in [-0.4, -0.2) is 109 Å². The van der Waals surface area contributed by atoms with E-state index in [4.69, 9.17) is 19.2 Å². The van der Waals surface area contributed by atoms with Gasteiger partial charge in [-0.2, -0.15) is 0 Å². The molecule has 1 fully saturated rings. The number of fused-ring (bicyclic) bond motifs is 6. The standard InChI is InChI=1S/C33H46N8O5/c1-5-38-15-16-39(33(43)32-37-36-27-10-6-7-13-41(27)32)14-11-28(42)34-19-22-9-8-12-40(20-22)31-23(21-38)17-24-25(35-31)18-26(44-2)30(46-4)29(24)45-3/h17-18,22H,5-16,19-21H2,1-4H3,(H,34,42). The molecule has 1 aromatic carbocycles. The third-order valence-electron chi connectivity index (χ3n) is 9.56. The van der Waals surface area contributed by atoms with Crippen molar-refractivity contribution in [2.75, 3.05) is 72.0 Å². The number of pyridine rings is 1. The number of rotatable bonds is 5. The van der Waals surface area contributed by atoms with Crippen LogP contribution >= 0.6 is 0 Å². The summed E-state index contributed by atoms with van der Waals surface area (Å²) in [5.41, 5.74) is 1.84. The molecule has 1 atom stereocenters. The van der Waals surface area contributed by atoms with Crippen molar-refractivity contribution >= 4 is 28.5 Å². The van der Waals surface area contributed by atoms with Crippen LogP contribution in [0.1, 0.15) is 61.0 Å². The van der Waals surface area contributed by atoms with Crippen LogP contribution in [0.2, 0.25) is 0 Å². The predicted octanol–water partition coefficient (Wildman–Crippen LogP) is 2.89. The van der Waals surface area contributed by atoms with Gasteiger partial charge in [-0.1, -0.05) is 6.92 Å². The number of likely N-dealkylation sites (N-methyl/N-ethyl adjacent to an activating group) is 1. The first-order chi connectivity index (χ1) is 22.4. The Morgan fingerprint density at radius 2 is 1.80 bits per heavy atom. The molecule has 13 heteroatoms. The topological polar surface area (TPSA) is 127 Å². The van der Waals surface area contributed by atoms with Gasteiger partial charge < -0.3 is 33.9 Å². The summed E-state index contributed by atoms with van der Waals surface area (Å²) in [4.78, 5) is 38.6. The van der Waals surface area contributed by atoms with E-state index in [0.717, 1.165) is 86.4 Å². The molecule has 0 spiro atoms. The van der Waals surface area contributed by atoms with Crippen LogP contribution in [0, 0.1) is 5.92 Å². The van der Waals surface area contributed by atoms with Crippen LogP contribution in [0.25, 0.3) is 10.9 Å². The molecule has 0 radical (unpaired) electrons. The number of benzene rings is 1. The van der Waals surface area contributed by atoms with E-state index in [1.54, 1.807) is 26.2 Å². The second-order valence-corrected chi connectivity index (χ2v) is 12.4. The summed E-state index contributed by atoms with van der Waals surface area (Å²) in [5.74, 6) is 3.90. The van der Waals surface area contributed by atoms with Crippen molar-refractivity contribution in [1.29, 1.82) is 0 Å². The van der Waals surface area contributed by atoms with E-state index in [-0.39, 0.29) is 24.2 Å². The van der Waals surface area contributed by atoms with E-state index < -0.39 is 0 Å². The van der Waals surface area contributed by atoms with Crippen molar-refractivity contribution in [1.82, 2.24) is 34.9 Å². The maximum Gasteiger partial charge on any atom is 0.291 e. The molecule has 3 aliphatic heterocycles. The van der Waals surface area contributed by atoms with Crippen LogP contribution in [-0.2, 0) is 24.3 Å². The van der Waals surface area contributed by atoms with Crippen molar-refractivity contribution in [2.24, 2.45) is 5.92 Å². The van der Waals surface area contributed by atoms with Crippen molar-refractivity contribution < 1.29 is 23.8 Å². The second-order valence-electron chi connectivity index (χ2n) is 12.4. The minimum absolute atomic E-state index is 0.0435. The summed E-state index contributed by atoms with van der Waals surface area (Å²) >= 11 is 0. The molecule has 6 rings (SSSR count). The SMILES string of the molecule is CCN1CCN(C(=O)c2nnc3n2CCCC3)CCC(=O)NCC2CCCN(C2)c2nc3cc(OC)c(OC)c(OC)c3cc2C1. The highest BCUT2D eigenvalue weighted by Crippen LogP contribution is 2.44. The lowest BCUT2D eigenvalue weighted by atomic mass is 9.97. The van der Waals surface area contributed by atoms with E-state index in [1.807, 2.05) is 10.6 Å². The number of hydrogen-bond acceptors (Lipinski definition) is 10. The summed E-state index contributed by atoms with van der Waals surface area (Å²) < 4.78 is 19.1. The Morgan fingerprint density at radius 3 is 2.59 bits per heavy atom. The molecule has 248 valence electrons. The van der Waals surface area contributed by atoms with Crippen molar-refractivity contribution in [2.45, 2.75) is 58.5 Å². The maximum absolute atomic E-state index is 13.9. The highest BCUT2D eigenvalue weighted by Gasteiger charge is 2.29. The fourth-order valence-corrected chi connectivity index (χ4v) is 6.99. The van der Waals surface area contributed by atoms with Crippen molar-refractivity contribution in [3.8, 4) is 17.2 Å². The van der Waals surface area contributed by atoms with Gasteiger partial charge in [0, 0.05) is 82.2 Å². The average Bonchev–Trinajstić information content (AvgIpc) is 3.52. The van der Waals surface area contributed by atoms with E-state index >= 15 is 0 Å². The second kappa shape index (κ2) is 14.1. The minimum atomic E-state index is -0.172. The van der Waals surface area contributed by atoms with E-state index in [1.165, 1.54) is 0 Å². The largest absolute Gasteiger partial charge is 0.493 e. The number of aryl methyl sites for hydroxylation is 1. The Balaban J connectivity index is 1.37. The monoisotopic (exact) mass is 634 g/mol. The van der Waals surface area contributed by atoms with Gasteiger partial charge in [0.25, 0.3) is 5.91 Å². The lowest BCUT2D eigenvalue weighted by Crippen LogP contribution is -2.42. The van der Waals surface area contributed by atoms with Gasteiger partial charge in [0.1, 0.15) is 11.6 Å². The quantitative estimate of drug-likeness (QED) is 0.448. The normalized spacial score (nSPS) is 19.8. The Morgan fingerprint density at radius 1 is 0.957 bits per heavy atom. The fourth-order valence-electron chi connectivity index (χ4n) is 6.99. The van der Waals surface area contributed by atoms with Crippen LogP contribution in [0.4, 0.5) is 5.82 Å². The van der Waals surface area contributed by atoms with Crippen LogP contribution < -0.4 is 24.4 Å². The number of carbonyl (C=O) groups excluding carboxylic acids is 2. The number of carbonyl (C=O) groups is 2. The van der Waals surface area contributed by atoms with Gasteiger partial charge in [-0.3, -0.25) is 14.5 Å². The summed E-state index contributed by atoms with van der Waals surface area (Å²) in [7, 11) is 4.85. The van der Waals surface area contributed by atoms with Gasteiger partial charge in [0.15, 0.2) is 11.5 Å². The third-order valence-corrected chi connectivity index (χ3v) is 9.56. The molecule has 1 unspecified atom stereocenters. The number of hydrogen-bond donors (Lipinski definition) is 1. The molecule has 46 heavy (non-hydrogen) atoms. The molecular weight excluding hydrogens is 588 g/mol. The lowest BCUT2D eigenvalue weighted by Gasteiger charge is -2.35. The number of nitrogens with one attached hydrogen (secondary N) is 1. The van der Waals surface area contributed by atoms with Gasteiger partial charge in [-0.15, -0.1) is 10.2 Å². The van der Waals surface area contributed by atoms with E-state index in [9.17, 15) is 9.59 Å². The molecular formula is C33H46N8O5. The molecule has 0 aliphatic carbocycles. The molecule has 5 heterocycles. The molecule has 2 bridgehead atoms. The molecule has 0 saturated carbocycles. The number of aromatic nitrogens is 4. The first kappa shape index (κ1) is 31.8. The van der Waals surface area contributed by atoms with Crippen LogP contribution in [0.3, 0.4) is 0 Å². The summed E-state index contributed by atoms with van der Waals surface area (Å²) in [6.07, 6.45) is 5.17. The van der Waals surface area contributed by atoms with E-state index in [0.29, 0.717) is 55.8 Å². The first-order valence-corrected chi connectivity index (χ1v) is 16.5. The zero-order valence-corrected chi connectivity index (χ0v) is 27.5. The zero-order chi connectivity index (χ0) is 32.2. The Kier molecular flexibility index (Phi) is 9.76. The zero-order valence-electron chi connectivity index (χ0n) is 27.5. The highest BCUT2D eigenvalue weighted by molar-refractivity contribution is 5.93. The summed E-state index contributed by atoms with van der Waals surface area (Å²) in [6, 6.07) is 4.06. The number of amides is 2. The lowest BCUT2D eigenvalue weighted by molar-refractivity contribution is -0.121. The Labute approximate surface area is 270 Å². The van der Waals surface area contributed by atoms with Crippen molar-refractivity contribution in [3.63, 3.8) is 0 Å². The van der Waals surface area contributed by atoms with Crippen molar-refractivity contribution in [3.05, 3.63) is 29.3 Å². The summed E-state index contributed by atoms with van der Waals surface area (Å²) in [6.45, 7) is 7.94. The molecule has 13 nitrogen and oxygen atoms in total. The maximum atomic E-state index is 13.9. The van der Waals surface area contributed by atoms with Gasteiger partial charge >= 0.3 is 0 Å². The number of piperidine rings is 1. The minimum Gasteiger partial charge on any atom is -0.493 e. The average molecular weight is 635 g/mol. The smallest absolute Gasteiger partial charge is 0.291 e. The van der Waals surface area contributed by atoms with E-state index in [2.05, 4.69) is 38.3 Å². The fraction of sp³-hybridized carbons (Fsp3) is 0.606. The number of methoxy groups -OCH3 is 3. The number of anilines is 1. The molecule has 1 saturated heterocycles. The molecule has 3 aliphatic rings. The predicted molar refractivity (Wildman–Crippen MR) is 174 cm³/mol. The van der Waals surface area contributed by atoms with Gasteiger partial charge in [-0.25, -0.2) is 4.98 Å². The first-order valence-electron chi connectivity index (χ1n) is 16.5. The Hall–Kier alpha value is -4.13. The van der Waals surface area contributed by atoms with Gasteiger partial charge in [0.2, 0.25) is 17.5 Å². The Bertz CT molecular complexity index is 1580. The van der Waals surface area contributed by atoms with Crippen LogP contribution in [0.5, 0.6) is 17.2 Å². The number of nitrogens with zero attached hydrogens (tertiary/aromatic N) is 7. The highest BCUT2D eigenvalue weighted by atomic mass is 16.5. The molecule has 2 aromatic heterocycles. The van der Waals surface area contributed by atoms with Gasteiger partial charge in [-0.05, 0) is 44.2 Å². The summed E-state index contributed by atoms with van der Waals surface area (Å²) in [5, 5.41) is 12.6. The molecule has 3 aromatic rings. The molecule has 1 N–H and O–H groups in total. The van der Waals surface area contributed by atoms with Crippen LogP contribution in [0.15, 0.2) is 12.1 Å². The molecule has 2 amide bonds. The third kappa shape index (κ3) is 6.42.